The summed E-state index contributed by atoms with van der Waals surface area (Å²) >= 11 is 12.2. The van der Waals surface area contributed by atoms with Crippen molar-refractivity contribution < 1.29 is 0 Å². The molecule has 0 aliphatic carbocycles. The van der Waals surface area contributed by atoms with Gasteiger partial charge in [0.1, 0.15) is 4.33 Å². The fourth-order valence-corrected chi connectivity index (χ4v) is 1.95. The molecular formula is C10H20Cl2. The molecule has 0 aromatic heterocycles. The largest absolute Gasteiger partial charge is 0.118 e. The minimum Gasteiger partial charge on any atom is -0.102 e. The molecule has 0 saturated carbocycles. The van der Waals surface area contributed by atoms with Gasteiger partial charge in [-0.25, -0.2) is 0 Å². The Labute approximate surface area is 86.6 Å². The zero-order valence-corrected chi connectivity index (χ0v) is 9.72. The Balaban J connectivity index is 3.33. The highest BCUT2D eigenvalue weighted by molar-refractivity contribution is 6.48. The van der Waals surface area contributed by atoms with Crippen molar-refractivity contribution in [2.45, 2.75) is 63.1 Å². The van der Waals surface area contributed by atoms with Gasteiger partial charge in [-0.05, 0) is 12.8 Å². The third-order valence-corrected chi connectivity index (χ3v) is 2.77. The van der Waals surface area contributed by atoms with Gasteiger partial charge in [-0.2, -0.15) is 0 Å². The molecule has 0 aliphatic rings. The molecule has 2 heteroatoms. The molecule has 0 N–H and O–H groups in total. The second-order valence-electron chi connectivity index (χ2n) is 3.42. The van der Waals surface area contributed by atoms with Crippen molar-refractivity contribution in [2.24, 2.45) is 0 Å². The van der Waals surface area contributed by atoms with E-state index in [1.54, 1.807) is 0 Å². The van der Waals surface area contributed by atoms with Crippen molar-refractivity contribution >= 4 is 23.2 Å². The van der Waals surface area contributed by atoms with Gasteiger partial charge in [0.05, 0.1) is 0 Å². The van der Waals surface area contributed by atoms with Crippen LogP contribution in [0.3, 0.4) is 0 Å². The van der Waals surface area contributed by atoms with Gasteiger partial charge in [0, 0.05) is 0 Å². The van der Waals surface area contributed by atoms with E-state index in [-0.39, 0.29) is 0 Å². The Kier molecular flexibility index (Phi) is 7.37. The molecule has 0 aromatic rings. The number of hydrogen-bond acceptors (Lipinski definition) is 0. The lowest BCUT2D eigenvalue weighted by molar-refractivity contribution is 0.560. The molecule has 0 aliphatic heterocycles. The first-order valence-electron chi connectivity index (χ1n) is 5.00. The van der Waals surface area contributed by atoms with Crippen LogP contribution in [0.15, 0.2) is 0 Å². The molecular weight excluding hydrogens is 191 g/mol. The summed E-state index contributed by atoms with van der Waals surface area (Å²) in [5.74, 6) is 0. The van der Waals surface area contributed by atoms with Gasteiger partial charge < -0.3 is 0 Å². The second-order valence-corrected chi connectivity index (χ2v) is 5.06. The first-order valence-corrected chi connectivity index (χ1v) is 5.76. The van der Waals surface area contributed by atoms with Crippen LogP contribution >= 0.6 is 23.2 Å². The molecule has 0 fully saturated rings. The summed E-state index contributed by atoms with van der Waals surface area (Å²) in [7, 11) is 0. The van der Waals surface area contributed by atoms with Crippen LogP contribution in [0.1, 0.15) is 58.8 Å². The summed E-state index contributed by atoms with van der Waals surface area (Å²) in [6.45, 7) is 4.33. The highest BCUT2D eigenvalue weighted by Gasteiger charge is 2.21. The molecule has 0 heterocycles. The van der Waals surface area contributed by atoms with Crippen molar-refractivity contribution in [1.82, 2.24) is 0 Å². The van der Waals surface area contributed by atoms with Gasteiger partial charge in [-0.3, -0.25) is 0 Å². The molecule has 0 aromatic carbocycles. The number of rotatable bonds is 7. The molecule has 0 radical (unpaired) electrons. The molecule has 0 bridgehead atoms. The van der Waals surface area contributed by atoms with E-state index < -0.39 is 4.33 Å². The van der Waals surface area contributed by atoms with Crippen LogP contribution < -0.4 is 0 Å². The molecule has 0 amide bonds. The normalized spacial score (nSPS) is 12.0. The zero-order chi connectivity index (χ0) is 9.45. The number of halogens is 2. The van der Waals surface area contributed by atoms with E-state index in [4.69, 9.17) is 23.2 Å². The third-order valence-electron chi connectivity index (χ3n) is 2.01. The standard InChI is InChI=1S/C10H20Cl2/c1-3-5-6-7-9-10(11,12)8-4-2/h3-9H2,1-2H3. The minimum atomic E-state index is -0.456. The monoisotopic (exact) mass is 210 g/mol. The van der Waals surface area contributed by atoms with Crippen LogP contribution in [0.2, 0.25) is 0 Å². The maximum Gasteiger partial charge on any atom is 0.118 e. The lowest BCUT2D eigenvalue weighted by Crippen LogP contribution is -2.11. The fraction of sp³-hybridized carbons (Fsp3) is 1.00. The summed E-state index contributed by atoms with van der Waals surface area (Å²) < 4.78 is -0.456. The van der Waals surface area contributed by atoms with Gasteiger partial charge in [0.15, 0.2) is 0 Å². The molecule has 12 heavy (non-hydrogen) atoms. The summed E-state index contributed by atoms with van der Waals surface area (Å²) in [6.07, 6.45) is 7.94. The van der Waals surface area contributed by atoms with Gasteiger partial charge in [-0.15, -0.1) is 23.2 Å². The van der Waals surface area contributed by atoms with E-state index in [0.717, 1.165) is 19.3 Å². The lowest BCUT2D eigenvalue weighted by Gasteiger charge is -2.17. The summed E-state index contributed by atoms with van der Waals surface area (Å²) in [5, 5.41) is 0. The van der Waals surface area contributed by atoms with Crippen LogP contribution in [0.25, 0.3) is 0 Å². The molecule has 0 spiro atoms. The maximum absolute atomic E-state index is 6.08. The van der Waals surface area contributed by atoms with E-state index in [1.165, 1.54) is 25.7 Å². The average Bonchev–Trinajstić information content (AvgIpc) is 1.98. The van der Waals surface area contributed by atoms with Gasteiger partial charge >= 0.3 is 0 Å². The Morgan fingerprint density at radius 1 is 0.833 bits per heavy atom. The number of alkyl halides is 2. The summed E-state index contributed by atoms with van der Waals surface area (Å²) in [5.41, 5.74) is 0. The fourth-order valence-electron chi connectivity index (χ4n) is 1.30. The quantitative estimate of drug-likeness (QED) is 0.413. The third kappa shape index (κ3) is 7.24. The van der Waals surface area contributed by atoms with Crippen molar-refractivity contribution in [3.05, 3.63) is 0 Å². The van der Waals surface area contributed by atoms with Crippen LogP contribution in [-0.2, 0) is 0 Å². The van der Waals surface area contributed by atoms with Crippen LogP contribution in [0, 0.1) is 0 Å². The number of unbranched alkanes of at least 4 members (excludes halogenated alkanes) is 3. The van der Waals surface area contributed by atoms with Crippen molar-refractivity contribution in [2.75, 3.05) is 0 Å². The predicted molar refractivity (Wildman–Crippen MR) is 58.1 cm³/mol. The van der Waals surface area contributed by atoms with Crippen molar-refractivity contribution in [3.63, 3.8) is 0 Å². The molecule has 0 atom stereocenters. The Hall–Kier alpha value is 0.580. The first kappa shape index (κ1) is 12.6. The summed E-state index contributed by atoms with van der Waals surface area (Å²) in [4.78, 5) is 0. The van der Waals surface area contributed by atoms with E-state index in [2.05, 4.69) is 13.8 Å². The van der Waals surface area contributed by atoms with Crippen molar-refractivity contribution in [1.29, 1.82) is 0 Å². The van der Waals surface area contributed by atoms with Crippen LogP contribution in [0.4, 0.5) is 0 Å². The molecule has 74 valence electrons. The van der Waals surface area contributed by atoms with E-state index in [9.17, 15) is 0 Å². The van der Waals surface area contributed by atoms with Crippen LogP contribution in [0.5, 0.6) is 0 Å². The topological polar surface area (TPSA) is 0 Å². The van der Waals surface area contributed by atoms with E-state index in [1.807, 2.05) is 0 Å². The first-order chi connectivity index (χ1) is 5.62. The van der Waals surface area contributed by atoms with Crippen LogP contribution in [-0.4, -0.2) is 4.33 Å². The van der Waals surface area contributed by atoms with Gasteiger partial charge in [-0.1, -0.05) is 46.0 Å². The predicted octanol–water partition coefficient (Wildman–Crippen LogP) is 4.93. The Bertz CT molecular complexity index is 100. The Morgan fingerprint density at radius 3 is 2.00 bits per heavy atom. The highest BCUT2D eigenvalue weighted by atomic mass is 35.5. The van der Waals surface area contributed by atoms with E-state index in [0.29, 0.717) is 0 Å². The maximum atomic E-state index is 6.08. The lowest BCUT2D eigenvalue weighted by atomic mass is 10.1. The molecule has 0 nitrogen and oxygen atoms in total. The van der Waals surface area contributed by atoms with Crippen molar-refractivity contribution in [3.8, 4) is 0 Å². The molecule has 0 saturated heterocycles. The van der Waals surface area contributed by atoms with Gasteiger partial charge in [0.2, 0.25) is 0 Å². The zero-order valence-electron chi connectivity index (χ0n) is 8.21. The molecule has 0 unspecified atom stereocenters. The molecule has 0 rings (SSSR count). The Morgan fingerprint density at radius 2 is 1.50 bits per heavy atom. The average molecular weight is 211 g/mol. The van der Waals surface area contributed by atoms with Gasteiger partial charge in [0.25, 0.3) is 0 Å². The van der Waals surface area contributed by atoms with E-state index >= 15 is 0 Å². The smallest absolute Gasteiger partial charge is 0.102 e. The second kappa shape index (κ2) is 7.03. The minimum absolute atomic E-state index is 0.456. The number of hydrogen-bond donors (Lipinski definition) is 0. The summed E-state index contributed by atoms with van der Waals surface area (Å²) in [6, 6.07) is 0. The highest BCUT2D eigenvalue weighted by Crippen LogP contribution is 2.32. The SMILES string of the molecule is CCCCCCC(Cl)(Cl)CCC.